The van der Waals surface area contributed by atoms with Crippen LogP contribution in [0, 0.1) is 5.82 Å². The van der Waals surface area contributed by atoms with Gasteiger partial charge >= 0.3 is 0 Å². The largest absolute Gasteiger partial charge is 0.383 e. The quantitative estimate of drug-likeness (QED) is 0.800. The fourth-order valence-corrected chi connectivity index (χ4v) is 2.34. The number of nitrogens with zero attached hydrogens (tertiary/aromatic N) is 2. The molecule has 0 saturated heterocycles. The number of para-hydroxylation sites is 1. The van der Waals surface area contributed by atoms with Crippen molar-refractivity contribution in [1.82, 2.24) is 9.78 Å². The van der Waals surface area contributed by atoms with Gasteiger partial charge in [-0.05, 0) is 18.2 Å². The molecule has 106 valence electrons. The SMILES string of the molecule is OC(c1cnn(-c2ccccc2)c1)c1cccc(F)c1Cl. The predicted octanol–water partition coefficient (Wildman–Crippen LogP) is 3.75. The molecule has 1 atom stereocenters. The third kappa shape index (κ3) is 2.68. The summed E-state index contributed by atoms with van der Waals surface area (Å²) in [5, 5.41) is 14.5. The van der Waals surface area contributed by atoms with Gasteiger partial charge in [0.05, 0.1) is 16.9 Å². The van der Waals surface area contributed by atoms with Crippen LogP contribution in [0.3, 0.4) is 0 Å². The van der Waals surface area contributed by atoms with E-state index in [9.17, 15) is 9.50 Å². The summed E-state index contributed by atoms with van der Waals surface area (Å²) in [6.45, 7) is 0. The maximum Gasteiger partial charge on any atom is 0.142 e. The van der Waals surface area contributed by atoms with Gasteiger partial charge in [0.25, 0.3) is 0 Å². The molecule has 2 aromatic carbocycles. The second-order valence-corrected chi connectivity index (χ2v) is 4.98. The van der Waals surface area contributed by atoms with Crippen LogP contribution in [0.1, 0.15) is 17.2 Å². The van der Waals surface area contributed by atoms with Crippen LogP contribution in [-0.4, -0.2) is 14.9 Å². The third-order valence-electron chi connectivity index (χ3n) is 3.22. The molecule has 0 fully saturated rings. The molecule has 0 saturated carbocycles. The summed E-state index contributed by atoms with van der Waals surface area (Å²) in [6, 6.07) is 13.9. The van der Waals surface area contributed by atoms with Gasteiger partial charge in [0.2, 0.25) is 0 Å². The van der Waals surface area contributed by atoms with Crippen LogP contribution in [0.25, 0.3) is 5.69 Å². The minimum atomic E-state index is -1.02. The summed E-state index contributed by atoms with van der Waals surface area (Å²) >= 11 is 5.90. The highest BCUT2D eigenvalue weighted by molar-refractivity contribution is 6.31. The number of halogens is 2. The number of aliphatic hydroxyl groups is 1. The smallest absolute Gasteiger partial charge is 0.142 e. The van der Waals surface area contributed by atoms with E-state index in [4.69, 9.17) is 11.6 Å². The molecule has 0 aliphatic rings. The number of aromatic nitrogens is 2. The summed E-state index contributed by atoms with van der Waals surface area (Å²) in [5.74, 6) is -0.552. The molecule has 1 unspecified atom stereocenters. The molecule has 0 spiro atoms. The molecule has 3 aromatic rings. The van der Waals surface area contributed by atoms with E-state index in [2.05, 4.69) is 5.10 Å². The molecule has 0 amide bonds. The van der Waals surface area contributed by atoms with Crippen LogP contribution in [0.2, 0.25) is 5.02 Å². The van der Waals surface area contributed by atoms with Gasteiger partial charge in [-0.3, -0.25) is 0 Å². The maximum absolute atomic E-state index is 13.5. The molecule has 21 heavy (non-hydrogen) atoms. The van der Waals surface area contributed by atoms with Crippen LogP contribution in [-0.2, 0) is 0 Å². The van der Waals surface area contributed by atoms with Gasteiger partial charge in [-0.15, -0.1) is 0 Å². The molecular formula is C16H12ClFN2O. The molecule has 1 N–H and O–H groups in total. The number of aliphatic hydroxyl groups excluding tert-OH is 1. The molecule has 0 radical (unpaired) electrons. The first-order chi connectivity index (χ1) is 10.2. The van der Waals surface area contributed by atoms with Crippen molar-refractivity contribution in [3.8, 4) is 5.69 Å². The van der Waals surface area contributed by atoms with Crippen LogP contribution in [0.15, 0.2) is 60.9 Å². The van der Waals surface area contributed by atoms with Crippen molar-refractivity contribution in [2.24, 2.45) is 0 Å². The topological polar surface area (TPSA) is 38.1 Å². The Balaban J connectivity index is 1.95. The molecule has 3 nitrogen and oxygen atoms in total. The fourth-order valence-electron chi connectivity index (χ4n) is 2.11. The van der Waals surface area contributed by atoms with E-state index in [1.54, 1.807) is 23.1 Å². The Kier molecular flexibility index (Phi) is 3.73. The van der Waals surface area contributed by atoms with Crippen molar-refractivity contribution in [2.75, 3.05) is 0 Å². The Morgan fingerprint density at radius 1 is 1.10 bits per heavy atom. The standard InChI is InChI=1S/C16H12ClFN2O/c17-15-13(7-4-8-14(15)18)16(21)11-9-19-20(10-11)12-5-2-1-3-6-12/h1-10,16,21H. The minimum Gasteiger partial charge on any atom is -0.383 e. The number of hydrogen-bond donors (Lipinski definition) is 1. The second kappa shape index (κ2) is 5.68. The highest BCUT2D eigenvalue weighted by Gasteiger charge is 2.18. The summed E-state index contributed by atoms with van der Waals surface area (Å²) in [4.78, 5) is 0. The zero-order valence-corrected chi connectivity index (χ0v) is 11.7. The summed E-state index contributed by atoms with van der Waals surface area (Å²) in [7, 11) is 0. The minimum absolute atomic E-state index is 0.0718. The Morgan fingerprint density at radius 2 is 1.86 bits per heavy atom. The molecule has 3 rings (SSSR count). The van der Waals surface area contributed by atoms with Gasteiger partial charge in [-0.1, -0.05) is 41.9 Å². The van der Waals surface area contributed by atoms with E-state index in [0.29, 0.717) is 11.1 Å². The number of hydrogen-bond acceptors (Lipinski definition) is 2. The highest BCUT2D eigenvalue weighted by atomic mass is 35.5. The van der Waals surface area contributed by atoms with Crippen molar-refractivity contribution in [3.05, 3.63) is 82.9 Å². The van der Waals surface area contributed by atoms with E-state index in [1.165, 1.54) is 12.1 Å². The van der Waals surface area contributed by atoms with Crippen molar-refractivity contribution >= 4 is 11.6 Å². The molecule has 0 aliphatic heterocycles. The molecular weight excluding hydrogens is 291 g/mol. The van der Waals surface area contributed by atoms with Gasteiger partial charge in [0, 0.05) is 17.3 Å². The first-order valence-corrected chi connectivity index (χ1v) is 6.76. The summed E-state index contributed by atoms with van der Waals surface area (Å²) < 4.78 is 15.1. The maximum atomic E-state index is 13.5. The molecule has 1 aromatic heterocycles. The first-order valence-electron chi connectivity index (χ1n) is 6.39. The number of benzene rings is 2. The summed E-state index contributed by atoms with van der Waals surface area (Å²) in [5.41, 5.74) is 1.75. The lowest BCUT2D eigenvalue weighted by atomic mass is 10.0. The average Bonchev–Trinajstić information content (AvgIpc) is 3.00. The second-order valence-electron chi connectivity index (χ2n) is 4.60. The lowest BCUT2D eigenvalue weighted by molar-refractivity contribution is 0.220. The van der Waals surface area contributed by atoms with Crippen LogP contribution in [0.5, 0.6) is 0 Å². The van der Waals surface area contributed by atoms with Crippen LogP contribution < -0.4 is 0 Å². The normalized spacial score (nSPS) is 12.3. The third-order valence-corrected chi connectivity index (χ3v) is 3.61. The zero-order chi connectivity index (χ0) is 14.8. The first kappa shape index (κ1) is 13.8. The Morgan fingerprint density at radius 3 is 2.62 bits per heavy atom. The molecule has 0 aliphatic carbocycles. The van der Waals surface area contributed by atoms with E-state index in [1.807, 2.05) is 30.3 Å². The lowest BCUT2D eigenvalue weighted by Crippen LogP contribution is -2.00. The van der Waals surface area contributed by atoms with E-state index in [-0.39, 0.29) is 5.02 Å². The fraction of sp³-hybridized carbons (Fsp3) is 0.0625. The highest BCUT2D eigenvalue weighted by Crippen LogP contribution is 2.30. The monoisotopic (exact) mass is 302 g/mol. The molecule has 0 bridgehead atoms. The van der Waals surface area contributed by atoms with Gasteiger partial charge in [0.1, 0.15) is 11.9 Å². The van der Waals surface area contributed by atoms with Gasteiger partial charge < -0.3 is 5.11 Å². The van der Waals surface area contributed by atoms with Crippen molar-refractivity contribution in [2.45, 2.75) is 6.10 Å². The Hall–Kier alpha value is -2.17. The van der Waals surface area contributed by atoms with Crippen LogP contribution in [0.4, 0.5) is 4.39 Å². The predicted molar refractivity (Wildman–Crippen MR) is 79.0 cm³/mol. The Labute approximate surface area is 126 Å². The van der Waals surface area contributed by atoms with E-state index in [0.717, 1.165) is 5.69 Å². The van der Waals surface area contributed by atoms with Crippen LogP contribution >= 0.6 is 11.6 Å². The number of rotatable bonds is 3. The van der Waals surface area contributed by atoms with Gasteiger partial charge in [-0.2, -0.15) is 5.10 Å². The van der Waals surface area contributed by atoms with Crippen molar-refractivity contribution in [3.63, 3.8) is 0 Å². The Bertz CT molecular complexity index is 758. The van der Waals surface area contributed by atoms with Gasteiger partial charge in [-0.25, -0.2) is 9.07 Å². The lowest BCUT2D eigenvalue weighted by Gasteiger charge is -2.11. The van der Waals surface area contributed by atoms with E-state index < -0.39 is 11.9 Å². The molecule has 5 heteroatoms. The van der Waals surface area contributed by atoms with Crippen molar-refractivity contribution in [1.29, 1.82) is 0 Å². The van der Waals surface area contributed by atoms with Gasteiger partial charge in [0.15, 0.2) is 0 Å². The molecule has 1 heterocycles. The van der Waals surface area contributed by atoms with E-state index >= 15 is 0 Å². The average molecular weight is 303 g/mol. The zero-order valence-electron chi connectivity index (χ0n) is 10.9. The van der Waals surface area contributed by atoms with Crippen molar-refractivity contribution < 1.29 is 9.50 Å². The summed E-state index contributed by atoms with van der Waals surface area (Å²) in [6.07, 6.45) is 2.21.